The van der Waals surface area contributed by atoms with Crippen molar-refractivity contribution in [1.82, 2.24) is 10.2 Å². The average molecular weight is 506 g/mol. The molecule has 2 rings (SSSR count). The minimum Gasteiger partial charge on any atom is -0.482 e. The number of hydrogen-bond donors (Lipinski definition) is 1. The Balaban J connectivity index is 2.24. The standard InChI is InChI=1S/C22H24Cl4N2O3/c1-3-9-27-22(30)19(4-2)28(12-14-5-7-16(24)17(25)10-14)21(29)13-31-20-8-6-15(23)11-18(20)26/h5-8,10-11,19H,3-4,9,12-13H2,1-2H3,(H,27,30). The maximum atomic E-state index is 13.1. The summed E-state index contributed by atoms with van der Waals surface area (Å²) in [6.07, 6.45) is 1.23. The molecule has 2 aromatic rings. The molecule has 31 heavy (non-hydrogen) atoms. The highest BCUT2D eigenvalue weighted by Crippen LogP contribution is 2.28. The monoisotopic (exact) mass is 504 g/mol. The van der Waals surface area contributed by atoms with Crippen LogP contribution in [0.3, 0.4) is 0 Å². The summed E-state index contributed by atoms with van der Waals surface area (Å²) in [6, 6.07) is 9.17. The van der Waals surface area contributed by atoms with Crippen molar-refractivity contribution in [2.75, 3.05) is 13.2 Å². The van der Waals surface area contributed by atoms with Crippen LogP contribution in [0.2, 0.25) is 20.1 Å². The summed E-state index contributed by atoms with van der Waals surface area (Å²) in [6.45, 7) is 4.22. The molecule has 0 fully saturated rings. The fourth-order valence-corrected chi connectivity index (χ4v) is 3.72. The van der Waals surface area contributed by atoms with E-state index in [4.69, 9.17) is 51.1 Å². The Labute approximate surface area is 202 Å². The largest absolute Gasteiger partial charge is 0.482 e. The number of rotatable bonds is 10. The summed E-state index contributed by atoms with van der Waals surface area (Å²) in [5.41, 5.74) is 0.744. The zero-order chi connectivity index (χ0) is 23.0. The number of carbonyl (C=O) groups is 2. The molecule has 0 saturated heterocycles. The van der Waals surface area contributed by atoms with Gasteiger partial charge in [-0.05, 0) is 48.7 Å². The van der Waals surface area contributed by atoms with Crippen LogP contribution in [0.5, 0.6) is 5.75 Å². The third kappa shape index (κ3) is 7.46. The van der Waals surface area contributed by atoms with Crippen LogP contribution in [0.1, 0.15) is 32.3 Å². The molecule has 0 spiro atoms. The van der Waals surface area contributed by atoms with E-state index in [1.165, 1.54) is 11.0 Å². The number of halogens is 4. The lowest BCUT2D eigenvalue weighted by molar-refractivity contribution is -0.143. The Morgan fingerprint density at radius 1 is 1.00 bits per heavy atom. The fourth-order valence-electron chi connectivity index (χ4n) is 2.93. The Morgan fingerprint density at radius 2 is 1.74 bits per heavy atom. The third-order valence-electron chi connectivity index (χ3n) is 4.52. The number of nitrogens with zero attached hydrogens (tertiary/aromatic N) is 1. The molecule has 0 aliphatic rings. The summed E-state index contributed by atoms with van der Waals surface area (Å²) >= 11 is 24.2. The number of carbonyl (C=O) groups excluding carboxylic acids is 2. The van der Waals surface area contributed by atoms with Gasteiger partial charge in [0, 0.05) is 18.1 Å². The molecule has 5 nitrogen and oxygen atoms in total. The van der Waals surface area contributed by atoms with Crippen LogP contribution in [0.4, 0.5) is 0 Å². The highest BCUT2D eigenvalue weighted by atomic mass is 35.5. The van der Waals surface area contributed by atoms with Crippen LogP contribution >= 0.6 is 46.4 Å². The maximum absolute atomic E-state index is 13.1. The van der Waals surface area contributed by atoms with Crippen LogP contribution in [0, 0.1) is 0 Å². The van der Waals surface area contributed by atoms with Crippen LogP contribution in [0.25, 0.3) is 0 Å². The van der Waals surface area contributed by atoms with E-state index >= 15 is 0 Å². The second kappa shape index (κ2) is 12.4. The van der Waals surface area contributed by atoms with Crippen molar-refractivity contribution in [3.63, 3.8) is 0 Å². The molecule has 1 unspecified atom stereocenters. The summed E-state index contributed by atoms with van der Waals surface area (Å²) in [7, 11) is 0. The van der Waals surface area contributed by atoms with Crippen molar-refractivity contribution < 1.29 is 14.3 Å². The molecular formula is C22H24Cl4N2O3. The molecule has 9 heteroatoms. The second-order valence-electron chi connectivity index (χ2n) is 6.85. The van der Waals surface area contributed by atoms with Gasteiger partial charge < -0.3 is 15.0 Å². The van der Waals surface area contributed by atoms with Crippen molar-refractivity contribution in [1.29, 1.82) is 0 Å². The van der Waals surface area contributed by atoms with E-state index in [9.17, 15) is 9.59 Å². The van der Waals surface area contributed by atoms with Gasteiger partial charge >= 0.3 is 0 Å². The first-order valence-corrected chi connectivity index (χ1v) is 11.4. The normalized spacial score (nSPS) is 11.7. The van der Waals surface area contributed by atoms with E-state index in [-0.39, 0.29) is 25.0 Å². The smallest absolute Gasteiger partial charge is 0.261 e. The molecule has 0 aliphatic heterocycles. The third-order valence-corrected chi connectivity index (χ3v) is 5.79. The maximum Gasteiger partial charge on any atom is 0.261 e. The first-order valence-electron chi connectivity index (χ1n) is 9.85. The van der Waals surface area contributed by atoms with Crippen molar-refractivity contribution >= 4 is 58.2 Å². The van der Waals surface area contributed by atoms with Crippen molar-refractivity contribution in [3.8, 4) is 5.75 Å². The zero-order valence-corrected chi connectivity index (χ0v) is 20.3. The van der Waals surface area contributed by atoms with Gasteiger partial charge in [0.25, 0.3) is 5.91 Å². The zero-order valence-electron chi connectivity index (χ0n) is 17.3. The molecule has 2 amide bonds. The van der Waals surface area contributed by atoms with Gasteiger partial charge in [-0.25, -0.2) is 0 Å². The topological polar surface area (TPSA) is 58.6 Å². The first-order chi connectivity index (χ1) is 14.8. The van der Waals surface area contributed by atoms with Gasteiger partial charge in [0.1, 0.15) is 11.8 Å². The lowest BCUT2D eigenvalue weighted by Crippen LogP contribution is -2.50. The fraction of sp³-hybridized carbons (Fsp3) is 0.364. The van der Waals surface area contributed by atoms with Gasteiger partial charge in [-0.1, -0.05) is 66.3 Å². The Hall–Kier alpha value is -1.66. The van der Waals surface area contributed by atoms with Gasteiger partial charge in [0.05, 0.1) is 15.1 Å². The molecule has 2 aromatic carbocycles. The van der Waals surface area contributed by atoms with E-state index < -0.39 is 6.04 Å². The van der Waals surface area contributed by atoms with Crippen LogP contribution < -0.4 is 10.1 Å². The summed E-state index contributed by atoms with van der Waals surface area (Å²) in [4.78, 5) is 27.3. The molecule has 0 saturated carbocycles. The summed E-state index contributed by atoms with van der Waals surface area (Å²) in [5, 5.41) is 4.40. The van der Waals surface area contributed by atoms with E-state index in [1.54, 1.807) is 30.3 Å². The average Bonchev–Trinajstić information content (AvgIpc) is 2.73. The minimum absolute atomic E-state index is 0.172. The van der Waals surface area contributed by atoms with Crippen LogP contribution in [-0.2, 0) is 16.1 Å². The molecule has 0 heterocycles. The van der Waals surface area contributed by atoms with Crippen LogP contribution in [0.15, 0.2) is 36.4 Å². The predicted molar refractivity (Wildman–Crippen MR) is 126 cm³/mol. The Bertz CT molecular complexity index is 924. The number of ether oxygens (including phenoxy) is 1. The predicted octanol–water partition coefficient (Wildman–Crippen LogP) is 6.01. The van der Waals surface area contributed by atoms with Gasteiger partial charge in [0.15, 0.2) is 6.61 Å². The molecule has 168 valence electrons. The van der Waals surface area contributed by atoms with Gasteiger partial charge in [0.2, 0.25) is 5.91 Å². The number of hydrogen-bond acceptors (Lipinski definition) is 3. The number of nitrogens with one attached hydrogen (secondary N) is 1. The summed E-state index contributed by atoms with van der Waals surface area (Å²) in [5.74, 6) is -0.254. The van der Waals surface area contributed by atoms with E-state index in [1.807, 2.05) is 13.8 Å². The SMILES string of the molecule is CCCNC(=O)C(CC)N(Cc1ccc(Cl)c(Cl)c1)C(=O)COc1ccc(Cl)cc1Cl. The lowest BCUT2D eigenvalue weighted by Gasteiger charge is -2.30. The quantitative estimate of drug-likeness (QED) is 0.430. The molecule has 0 aliphatic carbocycles. The first kappa shape index (κ1) is 25.6. The molecular weight excluding hydrogens is 482 g/mol. The highest BCUT2D eigenvalue weighted by Gasteiger charge is 2.29. The molecule has 1 atom stereocenters. The van der Waals surface area contributed by atoms with E-state index in [0.717, 1.165) is 12.0 Å². The molecule has 1 N–H and O–H groups in total. The highest BCUT2D eigenvalue weighted by molar-refractivity contribution is 6.42. The van der Waals surface area contributed by atoms with Crippen molar-refractivity contribution in [2.45, 2.75) is 39.3 Å². The van der Waals surface area contributed by atoms with Gasteiger partial charge in [-0.3, -0.25) is 9.59 Å². The Kier molecular flexibility index (Phi) is 10.2. The summed E-state index contributed by atoms with van der Waals surface area (Å²) < 4.78 is 5.61. The molecule has 0 aromatic heterocycles. The lowest BCUT2D eigenvalue weighted by atomic mass is 10.1. The van der Waals surface area contributed by atoms with E-state index in [2.05, 4.69) is 5.32 Å². The van der Waals surface area contributed by atoms with Gasteiger partial charge in [-0.2, -0.15) is 0 Å². The second-order valence-corrected chi connectivity index (χ2v) is 8.51. The Morgan fingerprint density at radius 3 is 2.35 bits per heavy atom. The molecule has 0 radical (unpaired) electrons. The van der Waals surface area contributed by atoms with E-state index in [0.29, 0.717) is 38.8 Å². The van der Waals surface area contributed by atoms with Crippen molar-refractivity contribution in [2.24, 2.45) is 0 Å². The molecule has 0 bridgehead atoms. The minimum atomic E-state index is -0.669. The number of benzene rings is 2. The van der Waals surface area contributed by atoms with Crippen molar-refractivity contribution in [3.05, 3.63) is 62.1 Å². The van der Waals surface area contributed by atoms with Gasteiger partial charge in [-0.15, -0.1) is 0 Å². The van der Waals surface area contributed by atoms with Crippen LogP contribution in [-0.4, -0.2) is 35.9 Å². The number of amides is 2.